The molecule has 0 aliphatic heterocycles. The molecule has 0 unspecified atom stereocenters. The summed E-state index contributed by atoms with van der Waals surface area (Å²) in [6.45, 7) is 0.817. The van der Waals surface area contributed by atoms with Crippen LogP contribution in [-0.4, -0.2) is 12.5 Å². The van der Waals surface area contributed by atoms with Gasteiger partial charge in [0.2, 0.25) is 0 Å². The van der Waals surface area contributed by atoms with E-state index in [1.807, 2.05) is 30.3 Å². The summed E-state index contributed by atoms with van der Waals surface area (Å²) in [6.07, 6.45) is 2.53. The minimum atomic E-state index is 0.365. The van der Waals surface area contributed by atoms with Crippen molar-refractivity contribution < 1.29 is 9.53 Å². The van der Waals surface area contributed by atoms with Gasteiger partial charge in [0.25, 0.3) is 6.47 Å². The Morgan fingerprint density at radius 1 is 1.36 bits per heavy atom. The van der Waals surface area contributed by atoms with Gasteiger partial charge < -0.3 is 10.5 Å². The largest absolute Gasteiger partial charge is 0.463 e. The molecule has 0 spiro atoms. The molecule has 1 saturated carbocycles. The predicted molar refractivity (Wildman–Crippen MR) is 54.5 cm³/mol. The number of carbonyl (C=O) groups excluding carboxylic acids is 1. The summed E-state index contributed by atoms with van der Waals surface area (Å²) in [7, 11) is 0. The maximum Gasteiger partial charge on any atom is 0.293 e. The molecule has 0 bridgehead atoms. The second kappa shape index (κ2) is 6.16. The van der Waals surface area contributed by atoms with Gasteiger partial charge in [0, 0.05) is 6.04 Å². The van der Waals surface area contributed by atoms with E-state index in [4.69, 9.17) is 5.73 Å². The van der Waals surface area contributed by atoms with Crippen LogP contribution < -0.4 is 5.73 Å². The summed E-state index contributed by atoms with van der Waals surface area (Å²) in [5.74, 6) is 0. The summed E-state index contributed by atoms with van der Waals surface area (Å²) in [5, 5.41) is 0. The van der Waals surface area contributed by atoms with E-state index in [0.29, 0.717) is 19.1 Å². The van der Waals surface area contributed by atoms with Gasteiger partial charge in [-0.3, -0.25) is 4.79 Å². The van der Waals surface area contributed by atoms with Crippen LogP contribution in [0.4, 0.5) is 0 Å². The van der Waals surface area contributed by atoms with E-state index >= 15 is 0 Å². The average Bonchev–Trinajstić information content (AvgIpc) is 3.00. The first-order valence-corrected chi connectivity index (χ1v) is 4.67. The van der Waals surface area contributed by atoms with Crippen molar-refractivity contribution in [1.82, 2.24) is 0 Å². The Morgan fingerprint density at radius 3 is 2.36 bits per heavy atom. The lowest BCUT2D eigenvalue weighted by Gasteiger charge is -1.95. The van der Waals surface area contributed by atoms with Crippen molar-refractivity contribution in [2.75, 3.05) is 0 Å². The van der Waals surface area contributed by atoms with Crippen LogP contribution in [0.5, 0.6) is 0 Å². The smallest absolute Gasteiger partial charge is 0.293 e. The molecule has 0 saturated heterocycles. The van der Waals surface area contributed by atoms with Crippen LogP contribution in [0.15, 0.2) is 30.3 Å². The minimum Gasteiger partial charge on any atom is -0.463 e. The van der Waals surface area contributed by atoms with Gasteiger partial charge in [-0.15, -0.1) is 0 Å². The summed E-state index contributed by atoms with van der Waals surface area (Å²) in [6, 6.07) is 10.1. The Hall–Kier alpha value is -1.35. The van der Waals surface area contributed by atoms with Gasteiger partial charge in [-0.2, -0.15) is 0 Å². The summed E-state index contributed by atoms with van der Waals surface area (Å²) in [4.78, 5) is 9.76. The number of ether oxygens (including phenoxy) is 1. The summed E-state index contributed by atoms with van der Waals surface area (Å²) >= 11 is 0. The maximum absolute atomic E-state index is 9.76. The zero-order valence-corrected chi connectivity index (χ0v) is 8.06. The molecule has 2 N–H and O–H groups in total. The molecule has 0 heterocycles. The van der Waals surface area contributed by atoms with E-state index in [-0.39, 0.29) is 0 Å². The lowest BCUT2D eigenvalue weighted by atomic mass is 10.2. The average molecular weight is 193 g/mol. The van der Waals surface area contributed by atoms with Crippen molar-refractivity contribution in [3.63, 3.8) is 0 Å². The fourth-order valence-corrected chi connectivity index (χ4v) is 0.801. The lowest BCUT2D eigenvalue weighted by molar-refractivity contribution is -0.129. The number of rotatable bonds is 3. The van der Waals surface area contributed by atoms with Gasteiger partial charge in [0.05, 0.1) is 0 Å². The Bertz CT molecular complexity index is 257. The fourth-order valence-electron chi connectivity index (χ4n) is 0.801. The number of carbonyl (C=O) groups is 1. The van der Waals surface area contributed by atoms with Gasteiger partial charge in [-0.1, -0.05) is 30.3 Å². The van der Waals surface area contributed by atoms with E-state index in [1.54, 1.807) is 0 Å². The first kappa shape index (κ1) is 10.7. The van der Waals surface area contributed by atoms with Gasteiger partial charge in [0.15, 0.2) is 0 Å². The third-order valence-corrected chi connectivity index (χ3v) is 1.78. The predicted octanol–water partition coefficient (Wildman–Crippen LogP) is 1.47. The molecule has 0 atom stereocenters. The quantitative estimate of drug-likeness (QED) is 0.739. The molecule has 0 radical (unpaired) electrons. The standard InChI is InChI=1S/C8H8O2.C3H7N/c9-7-10-6-8-4-2-1-3-5-8;4-3-1-2-3/h1-5,7H,6H2;3H,1-2,4H2. The number of hydrogen-bond acceptors (Lipinski definition) is 3. The Balaban J connectivity index is 0.000000203. The highest BCUT2D eigenvalue weighted by molar-refractivity contribution is 5.37. The molecule has 1 aliphatic carbocycles. The highest BCUT2D eigenvalue weighted by atomic mass is 16.5. The second-order valence-electron chi connectivity index (χ2n) is 3.23. The highest BCUT2D eigenvalue weighted by Gasteiger charge is 2.13. The lowest BCUT2D eigenvalue weighted by Crippen LogP contribution is -1.94. The van der Waals surface area contributed by atoms with Crippen molar-refractivity contribution in [2.24, 2.45) is 5.73 Å². The molecule has 0 amide bonds. The third kappa shape index (κ3) is 5.32. The minimum absolute atomic E-state index is 0.365. The molecule has 1 fully saturated rings. The molecule has 1 aliphatic rings. The maximum atomic E-state index is 9.76. The van der Waals surface area contributed by atoms with Crippen LogP contribution in [0.25, 0.3) is 0 Å². The van der Waals surface area contributed by atoms with Gasteiger partial charge in [-0.25, -0.2) is 0 Å². The topological polar surface area (TPSA) is 52.3 Å². The van der Waals surface area contributed by atoms with E-state index in [1.165, 1.54) is 12.8 Å². The molecule has 76 valence electrons. The first-order chi connectivity index (χ1) is 6.83. The Labute approximate surface area is 83.9 Å². The molecule has 1 aromatic carbocycles. The van der Waals surface area contributed by atoms with Crippen molar-refractivity contribution in [2.45, 2.75) is 25.5 Å². The zero-order valence-electron chi connectivity index (χ0n) is 8.06. The van der Waals surface area contributed by atoms with Crippen LogP contribution >= 0.6 is 0 Å². The molecule has 3 heteroatoms. The van der Waals surface area contributed by atoms with Gasteiger partial charge in [0.1, 0.15) is 6.61 Å². The van der Waals surface area contributed by atoms with Crippen molar-refractivity contribution >= 4 is 6.47 Å². The molecular formula is C11H15NO2. The molecule has 14 heavy (non-hydrogen) atoms. The van der Waals surface area contributed by atoms with E-state index < -0.39 is 0 Å². The van der Waals surface area contributed by atoms with Gasteiger partial charge >= 0.3 is 0 Å². The molecule has 2 rings (SSSR count). The van der Waals surface area contributed by atoms with Crippen LogP contribution in [0.2, 0.25) is 0 Å². The van der Waals surface area contributed by atoms with E-state index in [2.05, 4.69) is 4.74 Å². The van der Waals surface area contributed by atoms with Crippen molar-refractivity contribution in [3.05, 3.63) is 35.9 Å². The van der Waals surface area contributed by atoms with Crippen molar-refractivity contribution in [1.29, 1.82) is 0 Å². The van der Waals surface area contributed by atoms with E-state index in [0.717, 1.165) is 5.56 Å². The SMILES string of the molecule is NC1CC1.O=COCc1ccccc1. The molecule has 3 nitrogen and oxygen atoms in total. The highest BCUT2D eigenvalue weighted by Crippen LogP contribution is 2.13. The van der Waals surface area contributed by atoms with Crippen molar-refractivity contribution in [3.8, 4) is 0 Å². The fraction of sp³-hybridized carbons (Fsp3) is 0.364. The van der Waals surface area contributed by atoms with Gasteiger partial charge in [-0.05, 0) is 18.4 Å². The zero-order chi connectivity index (χ0) is 10.2. The number of nitrogens with two attached hydrogens (primary N) is 1. The normalized spacial score (nSPS) is 13.8. The second-order valence-corrected chi connectivity index (χ2v) is 3.23. The third-order valence-electron chi connectivity index (χ3n) is 1.78. The van der Waals surface area contributed by atoms with Crippen LogP contribution in [-0.2, 0) is 16.1 Å². The van der Waals surface area contributed by atoms with Crippen LogP contribution in [0, 0.1) is 0 Å². The Morgan fingerprint density at radius 2 is 1.93 bits per heavy atom. The van der Waals surface area contributed by atoms with Crippen LogP contribution in [0.3, 0.4) is 0 Å². The Kier molecular flexibility index (Phi) is 4.72. The summed E-state index contributed by atoms with van der Waals surface area (Å²) in [5.41, 5.74) is 6.23. The molecule has 0 aromatic heterocycles. The monoisotopic (exact) mass is 193 g/mol. The number of hydrogen-bond donors (Lipinski definition) is 1. The molecular weight excluding hydrogens is 178 g/mol. The van der Waals surface area contributed by atoms with E-state index in [9.17, 15) is 4.79 Å². The first-order valence-electron chi connectivity index (χ1n) is 4.67. The molecule has 1 aromatic rings. The van der Waals surface area contributed by atoms with Crippen LogP contribution in [0.1, 0.15) is 18.4 Å². The number of benzene rings is 1. The summed E-state index contributed by atoms with van der Waals surface area (Å²) < 4.78 is 4.54.